The van der Waals surface area contributed by atoms with Gasteiger partial charge in [0.05, 0.1) is 6.61 Å². The Hall–Kier alpha value is -2.79. The second kappa shape index (κ2) is 7.28. The Balaban J connectivity index is 2.11. The van der Waals surface area contributed by atoms with Crippen LogP contribution in [0.25, 0.3) is 0 Å². The maximum absolute atomic E-state index is 12.1. The van der Waals surface area contributed by atoms with Gasteiger partial charge in [0, 0.05) is 23.2 Å². The molecule has 0 aliphatic carbocycles. The fourth-order valence-corrected chi connectivity index (χ4v) is 1.90. The lowest BCUT2D eigenvalue weighted by atomic mass is 10.0. The van der Waals surface area contributed by atoms with Crippen LogP contribution >= 0.6 is 0 Å². The van der Waals surface area contributed by atoms with Crippen molar-refractivity contribution in [1.82, 2.24) is 5.32 Å². The highest BCUT2D eigenvalue weighted by atomic mass is 16.3. The maximum atomic E-state index is 12.1. The zero-order valence-corrected chi connectivity index (χ0v) is 11.8. The second-order valence-electron chi connectivity index (χ2n) is 4.58. The minimum atomic E-state index is -0.617. The van der Waals surface area contributed by atoms with Gasteiger partial charge < -0.3 is 10.4 Å². The number of carbonyl (C=O) groups is 3. The van der Waals surface area contributed by atoms with Crippen LogP contribution in [-0.2, 0) is 0 Å². The third-order valence-electron chi connectivity index (χ3n) is 3.05. The number of benzene rings is 2. The molecule has 2 N–H and O–H groups in total. The molecule has 0 radical (unpaired) electrons. The summed E-state index contributed by atoms with van der Waals surface area (Å²) in [5.74, 6) is -1.55. The molecule has 0 saturated carbocycles. The molecule has 2 rings (SSSR count). The number of aliphatic hydroxyl groups excluding tert-OH is 1. The van der Waals surface area contributed by atoms with Gasteiger partial charge in [-0.1, -0.05) is 42.5 Å². The molecule has 5 nitrogen and oxygen atoms in total. The fourth-order valence-electron chi connectivity index (χ4n) is 1.90. The molecule has 0 aliphatic heterocycles. The average molecular weight is 297 g/mol. The van der Waals surface area contributed by atoms with Crippen molar-refractivity contribution in [3.63, 3.8) is 0 Å². The van der Waals surface area contributed by atoms with E-state index in [4.69, 9.17) is 5.11 Å². The topological polar surface area (TPSA) is 83.5 Å². The third kappa shape index (κ3) is 3.65. The molecule has 0 bridgehead atoms. The van der Waals surface area contributed by atoms with Crippen LogP contribution in [0.1, 0.15) is 31.1 Å². The van der Waals surface area contributed by atoms with Gasteiger partial charge in [-0.05, 0) is 12.1 Å². The number of ketones is 2. The highest BCUT2D eigenvalue weighted by Crippen LogP contribution is 2.10. The van der Waals surface area contributed by atoms with E-state index in [1.807, 2.05) is 0 Å². The van der Waals surface area contributed by atoms with Gasteiger partial charge in [-0.3, -0.25) is 14.4 Å². The van der Waals surface area contributed by atoms with E-state index in [9.17, 15) is 14.4 Å². The van der Waals surface area contributed by atoms with Gasteiger partial charge in [-0.2, -0.15) is 0 Å². The summed E-state index contributed by atoms with van der Waals surface area (Å²) in [6.45, 7) is 0.0138. The Bertz CT molecular complexity index is 678. The van der Waals surface area contributed by atoms with E-state index >= 15 is 0 Å². The molecule has 0 heterocycles. The number of Topliss-reactive ketones (excluding diaryl/α,β-unsaturated/α-hetero) is 2. The quantitative estimate of drug-likeness (QED) is 0.625. The first-order chi connectivity index (χ1) is 10.6. The van der Waals surface area contributed by atoms with Gasteiger partial charge >= 0.3 is 0 Å². The molecular weight excluding hydrogens is 282 g/mol. The largest absolute Gasteiger partial charge is 0.395 e. The summed E-state index contributed by atoms with van der Waals surface area (Å²) in [6.07, 6.45) is 0. The number of nitrogens with one attached hydrogen (secondary N) is 1. The zero-order valence-electron chi connectivity index (χ0n) is 11.8. The molecule has 0 fully saturated rings. The average Bonchev–Trinajstić information content (AvgIpc) is 2.59. The van der Waals surface area contributed by atoms with E-state index < -0.39 is 11.6 Å². The van der Waals surface area contributed by atoms with E-state index in [0.717, 1.165) is 0 Å². The first-order valence-electron chi connectivity index (χ1n) is 6.76. The van der Waals surface area contributed by atoms with E-state index in [1.54, 1.807) is 30.3 Å². The van der Waals surface area contributed by atoms with Crippen molar-refractivity contribution in [1.29, 1.82) is 0 Å². The number of hydrogen-bond acceptors (Lipinski definition) is 4. The van der Waals surface area contributed by atoms with Crippen LogP contribution in [0.2, 0.25) is 0 Å². The van der Waals surface area contributed by atoms with E-state index in [0.29, 0.717) is 11.1 Å². The Labute approximate surface area is 127 Å². The maximum Gasteiger partial charge on any atom is 0.251 e. The Morgan fingerprint density at radius 1 is 0.773 bits per heavy atom. The number of aliphatic hydroxyl groups is 1. The summed E-state index contributed by atoms with van der Waals surface area (Å²) in [5.41, 5.74) is 0.919. The normalized spacial score (nSPS) is 10.0. The minimum Gasteiger partial charge on any atom is -0.395 e. The van der Waals surface area contributed by atoms with Crippen molar-refractivity contribution in [2.75, 3.05) is 13.2 Å². The fraction of sp³-hybridized carbons (Fsp3) is 0.118. The van der Waals surface area contributed by atoms with Gasteiger partial charge in [-0.15, -0.1) is 0 Å². The predicted molar refractivity (Wildman–Crippen MR) is 81.0 cm³/mol. The second-order valence-corrected chi connectivity index (χ2v) is 4.58. The molecule has 0 aromatic heterocycles. The lowest BCUT2D eigenvalue weighted by Crippen LogP contribution is -2.26. The van der Waals surface area contributed by atoms with Crippen LogP contribution in [0.4, 0.5) is 0 Å². The Kier molecular flexibility index (Phi) is 5.16. The number of rotatable bonds is 6. The molecule has 22 heavy (non-hydrogen) atoms. The lowest BCUT2D eigenvalue weighted by Gasteiger charge is -2.04. The monoisotopic (exact) mass is 297 g/mol. The first kappa shape index (κ1) is 15.6. The number of carbonyl (C=O) groups excluding carboxylic acids is 3. The smallest absolute Gasteiger partial charge is 0.251 e. The standard InChI is InChI=1S/C17H15NO4/c19-11-10-18-17(22)14-8-6-13(7-9-14)16(21)15(20)12-4-2-1-3-5-12/h1-9,19H,10-11H2,(H,18,22). The van der Waals surface area contributed by atoms with Gasteiger partial charge in [0.1, 0.15) is 0 Å². The highest BCUT2D eigenvalue weighted by Gasteiger charge is 2.18. The highest BCUT2D eigenvalue weighted by molar-refractivity contribution is 6.49. The molecule has 0 saturated heterocycles. The van der Waals surface area contributed by atoms with Crippen LogP contribution in [0.15, 0.2) is 54.6 Å². The van der Waals surface area contributed by atoms with Crippen LogP contribution < -0.4 is 5.32 Å². The van der Waals surface area contributed by atoms with E-state index in [-0.39, 0.29) is 24.6 Å². The van der Waals surface area contributed by atoms with Crippen molar-refractivity contribution in [3.8, 4) is 0 Å². The summed E-state index contributed by atoms with van der Waals surface area (Å²) < 4.78 is 0. The predicted octanol–water partition coefficient (Wildman–Crippen LogP) is 1.47. The summed E-state index contributed by atoms with van der Waals surface area (Å²) in [5, 5.41) is 11.2. The zero-order chi connectivity index (χ0) is 15.9. The summed E-state index contributed by atoms with van der Waals surface area (Å²) in [7, 11) is 0. The van der Waals surface area contributed by atoms with Crippen LogP contribution in [0.5, 0.6) is 0 Å². The SMILES string of the molecule is O=C(NCCO)c1ccc(C(=O)C(=O)c2ccccc2)cc1. The molecule has 0 aliphatic rings. The summed E-state index contributed by atoms with van der Waals surface area (Å²) in [6, 6.07) is 14.1. The third-order valence-corrected chi connectivity index (χ3v) is 3.05. The van der Waals surface area contributed by atoms with Gasteiger partial charge in [0.25, 0.3) is 5.91 Å². The van der Waals surface area contributed by atoms with Crippen molar-refractivity contribution < 1.29 is 19.5 Å². The molecule has 2 aromatic rings. The van der Waals surface area contributed by atoms with E-state index in [1.165, 1.54) is 24.3 Å². The summed E-state index contributed by atoms with van der Waals surface area (Å²) >= 11 is 0. The number of hydrogen-bond donors (Lipinski definition) is 2. The van der Waals surface area contributed by atoms with Crippen LogP contribution in [0.3, 0.4) is 0 Å². The molecule has 2 aromatic carbocycles. The lowest BCUT2D eigenvalue weighted by molar-refractivity contribution is 0.0817. The number of amides is 1. The molecule has 1 amide bonds. The van der Waals surface area contributed by atoms with Gasteiger partial charge in [0.2, 0.25) is 11.6 Å². The molecule has 0 atom stereocenters. The van der Waals surface area contributed by atoms with Crippen molar-refractivity contribution in [2.24, 2.45) is 0 Å². The molecule has 0 spiro atoms. The Morgan fingerprint density at radius 3 is 1.82 bits per heavy atom. The summed E-state index contributed by atoms with van der Waals surface area (Å²) in [4.78, 5) is 35.8. The Morgan fingerprint density at radius 2 is 1.27 bits per heavy atom. The van der Waals surface area contributed by atoms with Crippen molar-refractivity contribution in [2.45, 2.75) is 0 Å². The minimum absolute atomic E-state index is 0.145. The van der Waals surface area contributed by atoms with Gasteiger partial charge in [-0.25, -0.2) is 0 Å². The van der Waals surface area contributed by atoms with Crippen molar-refractivity contribution >= 4 is 17.5 Å². The first-order valence-corrected chi connectivity index (χ1v) is 6.76. The van der Waals surface area contributed by atoms with Gasteiger partial charge in [0.15, 0.2) is 0 Å². The molecular formula is C17H15NO4. The molecule has 0 unspecified atom stereocenters. The van der Waals surface area contributed by atoms with E-state index in [2.05, 4.69) is 5.32 Å². The van der Waals surface area contributed by atoms with Crippen LogP contribution in [-0.4, -0.2) is 35.7 Å². The van der Waals surface area contributed by atoms with Crippen LogP contribution in [0, 0.1) is 0 Å². The molecule has 112 valence electrons. The molecule has 5 heteroatoms. The van der Waals surface area contributed by atoms with Crippen molar-refractivity contribution in [3.05, 3.63) is 71.3 Å².